The van der Waals surface area contributed by atoms with Gasteiger partial charge >= 0.3 is 6.09 Å². The molecule has 4 nitrogen and oxygen atoms in total. The minimum atomic E-state index is -0.423. The number of hydrogen-bond donors (Lipinski definition) is 1. The van der Waals surface area contributed by atoms with Crippen LogP contribution in [0.3, 0.4) is 0 Å². The van der Waals surface area contributed by atoms with Gasteiger partial charge in [0.05, 0.1) is 11.1 Å². The fourth-order valence-electron chi connectivity index (χ4n) is 3.10. The summed E-state index contributed by atoms with van der Waals surface area (Å²) >= 11 is 0. The van der Waals surface area contributed by atoms with E-state index >= 15 is 0 Å². The van der Waals surface area contributed by atoms with Gasteiger partial charge in [0, 0.05) is 13.1 Å². The van der Waals surface area contributed by atoms with Crippen molar-refractivity contribution in [1.82, 2.24) is 10.2 Å². The Morgan fingerprint density at radius 2 is 1.65 bits per heavy atom. The van der Waals surface area contributed by atoms with Crippen molar-refractivity contribution in [2.24, 2.45) is 0 Å². The molecule has 2 saturated heterocycles. The molecule has 4 heteroatoms. The van der Waals surface area contributed by atoms with Crippen LogP contribution in [0, 0.1) is 0 Å². The molecular formula is C13H24N2O2. The topological polar surface area (TPSA) is 41.6 Å². The number of hydrogen-bond acceptors (Lipinski definition) is 3. The SMILES string of the molecule is CC(C)(C)OC(=O)N1C2(C)CCC1(C)CNC2. The molecule has 2 bridgehead atoms. The average molecular weight is 240 g/mol. The fraction of sp³-hybridized carbons (Fsp3) is 0.923. The number of carbonyl (C=O) groups is 1. The molecule has 0 aromatic carbocycles. The molecule has 2 heterocycles. The minimum absolute atomic E-state index is 0.0880. The molecule has 2 unspecified atom stereocenters. The molecule has 2 atom stereocenters. The zero-order valence-electron chi connectivity index (χ0n) is 11.6. The lowest BCUT2D eigenvalue weighted by molar-refractivity contribution is -0.0258. The Balaban J connectivity index is 2.22. The van der Waals surface area contributed by atoms with E-state index in [-0.39, 0.29) is 17.2 Å². The van der Waals surface area contributed by atoms with E-state index in [1.807, 2.05) is 25.7 Å². The second-order valence-electron chi connectivity index (χ2n) is 6.91. The van der Waals surface area contributed by atoms with Crippen LogP contribution in [-0.2, 0) is 4.74 Å². The summed E-state index contributed by atoms with van der Waals surface area (Å²) in [4.78, 5) is 14.3. The Kier molecular flexibility index (Phi) is 2.69. The van der Waals surface area contributed by atoms with Gasteiger partial charge in [-0.2, -0.15) is 0 Å². The van der Waals surface area contributed by atoms with Gasteiger partial charge in [-0.05, 0) is 47.5 Å². The number of rotatable bonds is 0. The van der Waals surface area contributed by atoms with Gasteiger partial charge in [-0.15, -0.1) is 0 Å². The van der Waals surface area contributed by atoms with Crippen molar-refractivity contribution >= 4 is 6.09 Å². The van der Waals surface area contributed by atoms with Crippen LogP contribution in [0.2, 0.25) is 0 Å². The predicted octanol–water partition coefficient (Wildman–Crippen LogP) is 2.14. The van der Waals surface area contributed by atoms with Crippen molar-refractivity contribution in [2.75, 3.05) is 13.1 Å². The highest BCUT2D eigenvalue weighted by Gasteiger charge is 2.55. The van der Waals surface area contributed by atoms with Crippen LogP contribution in [0.4, 0.5) is 4.79 Å². The highest BCUT2D eigenvalue weighted by atomic mass is 16.6. The maximum Gasteiger partial charge on any atom is 0.411 e. The molecule has 2 aliphatic rings. The van der Waals surface area contributed by atoms with E-state index in [0.29, 0.717) is 0 Å². The van der Waals surface area contributed by atoms with E-state index in [0.717, 1.165) is 25.9 Å². The number of amides is 1. The van der Waals surface area contributed by atoms with Crippen molar-refractivity contribution in [3.05, 3.63) is 0 Å². The molecule has 2 fully saturated rings. The largest absolute Gasteiger partial charge is 0.444 e. The lowest BCUT2D eigenvalue weighted by Crippen LogP contribution is -2.66. The first kappa shape index (κ1) is 12.7. The van der Waals surface area contributed by atoms with Gasteiger partial charge in [0.1, 0.15) is 5.60 Å². The highest BCUT2D eigenvalue weighted by molar-refractivity contribution is 5.71. The predicted molar refractivity (Wildman–Crippen MR) is 67.0 cm³/mol. The molecule has 1 amide bonds. The van der Waals surface area contributed by atoms with E-state index in [2.05, 4.69) is 19.2 Å². The van der Waals surface area contributed by atoms with Crippen molar-refractivity contribution in [3.8, 4) is 0 Å². The maximum atomic E-state index is 12.4. The Labute approximate surface area is 104 Å². The summed E-state index contributed by atoms with van der Waals surface area (Å²) in [5, 5.41) is 3.43. The molecule has 0 aliphatic carbocycles. The highest BCUT2D eigenvalue weighted by Crippen LogP contribution is 2.43. The van der Waals surface area contributed by atoms with Crippen LogP contribution in [0.1, 0.15) is 47.5 Å². The van der Waals surface area contributed by atoms with Gasteiger partial charge in [-0.3, -0.25) is 4.90 Å². The van der Waals surface area contributed by atoms with E-state index < -0.39 is 5.60 Å². The summed E-state index contributed by atoms with van der Waals surface area (Å²) in [6.07, 6.45) is 1.94. The van der Waals surface area contributed by atoms with Gasteiger partial charge in [0.2, 0.25) is 0 Å². The smallest absolute Gasteiger partial charge is 0.411 e. The van der Waals surface area contributed by atoms with Gasteiger partial charge < -0.3 is 10.1 Å². The second-order valence-corrected chi connectivity index (χ2v) is 6.91. The second kappa shape index (κ2) is 3.61. The molecule has 0 aromatic heterocycles. The summed E-state index contributed by atoms with van der Waals surface area (Å²) in [5.74, 6) is 0. The van der Waals surface area contributed by atoms with Crippen LogP contribution in [0.5, 0.6) is 0 Å². The normalized spacial score (nSPS) is 37.1. The lowest BCUT2D eigenvalue weighted by atomic mass is 9.97. The monoisotopic (exact) mass is 240 g/mol. The molecule has 0 saturated carbocycles. The Morgan fingerprint density at radius 1 is 1.18 bits per heavy atom. The third-order valence-electron chi connectivity index (χ3n) is 3.87. The van der Waals surface area contributed by atoms with E-state index in [4.69, 9.17) is 4.74 Å². The van der Waals surface area contributed by atoms with Gasteiger partial charge in [0.15, 0.2) is 0 Å². The first-order valence-corrected chi connectivity index (χ1v) is 6.40. The Morgan fingerprint density at radius 3 is 2.06 bits per heavy atom. The Bertz CT molecular complexity index is 319. The molecule has 0 aromatic rings. The molecule has 2 rings (SSSR count). The summed E-state index contributed by atoms with van der Waals surface area (Å²) in [5.41, 5.74) is -0.598. The number of piperazine rings is 1. The molecular weight excluding hydrogens is 216 g/mol. The average Bonchev–Trinajstić information content (AvgIpc) is 2.26. The fourth-order valence-corrected chi connectivity index (χ4v) is 3.10. The quantitative estimate of drug-likeness (QED) is 0.705. The molecule has 1 N–H and O–H groups in total. The third kappa shape index (κ3) is 2.15. The van der Waals surface area contributed by atoms with Gasteiger partial charge in [0.25, 0.3) is 0 Å². The van der Waals surface area contributed by atoms with Crippen molar-refractivity contribution in [1.29, 1.82) is 0 Å². The first-order chi connectivity index (χ1) is 7.66. The number of fused-ring (bicyclic) bond motifs is 2. The van der Waals surface area contributed by atoms with E-state index in [1.54, 1.807) is 0 Å². The molecule has 0 radical (unpaired) electrons. The molecule has 17 heavy (non-hydrogen) atoms. The van der Waals surface area contributed by atoms with Crippen LogP contribution in [0.15, 0.2) is 0 Å². The van der Waals surface area contributed by atoms with Crippen LogP contribution in [-0.4, -0.2) is 40.8 Å². The minimum Gasteiger partial charge on any atom is -0.444 e. The molecule has 2 aliphatic heterocycles. The van der Waals surface area contributed by atoms with Gasteiger partial charge in [-0.25, -0.2) is 4.79 Å². The standard InChI is InChI=1S/C13H24N2O2/c1-11(2,3)17-10(16)15-12(4)6-7-13(15,5)9-14-8-12/h14H,6-9H2,1-5H3. The molecule has 0 spiro atoms. The van der Waals surface area contributed by atoms with Crippen molar-refractivity contribution < 1.29 is 9.53 Å². The van der Waals surface area contributed by atoms with Crippen LogP contribution < -0.4 is 5.32 Å². The van der Waals surface area contributed by atoms with Crippen molar-refractivity contribution in [2.45, 2.75) is 64.1 Å². The summed E-state index contributed by atoms with van der Waals surface area (Å²) in [7, 11) is 0. The summed E-state index contributed by atoms with van der Waals surface area (Å²) in [6.45, 7) is 11.8. The lowest BCUT2D eigenvalue weighted by Gasteiger charge is -2.48. The van der Waals surface area contributed by atoms with Gasteiger partial charge in [-0.1, -0.05) is 0 Å². The zero-order valence-corrected chi connectivity index (χ0v) is 11.6. The van der Waals surface area contributed by atoms with E-state index in [9.17, 15) is 4.79 Å². The Hall–Kier alpha value is -0.770. The number of carbonyl (C=O) groups excluding carboxylic acids is 1. The number of ether oxygens (including phenoxy) is 1. The van der Waals surface area contributed by atoms with Crippen LogP contribution >= 0.6 is 0 Å². The summed E-state index contributed by atoms with van der Waals surface area (Å²) in [6, 6.07) is 0. The zero-order chi connectivity index (χ0) is 12.9. The van der Waals surface area contributed by atoms with Crippen molar-refractivity contribution in [3.63, 3.8) is 0 Å². The number of nitrogens with zero attached hydrogens (tertiary/aromatic N) is 1. The van der Waals surface area contributed by atoms with E-state index in [1.165, 1.54) is 0 Å². The van der Waals surface area contributed by atoms with Crippen LogP contribution in [0.25, 0.3) is 0 Å². The third-order valence-corrected chi connectivity index (χ3v) is 3.87. The molecule has 98 valence electrons. The summed E-state index contributed by atoms with van der Waals surface area (Å²) < 4.78 is 5.55. The number of nitrogens with one attached hydrogen (secondary N) is 1. The first-order valence-electron chi connectivity index (χ1n) is 6.40. The maximum absolute atomic E-state index is 12.4.